The summed E-state index contributed by atoms with van der Waals surface area (Å²) in [4.78, 5) is 23.5. The van der Waals surface area contributed by atoms with Crippen LogP contribution in [-0.4, -0.2) is 40.5 Å². The summed E-state index contributed by atoms with van der Waals surface area (Å²) in [7, 11) is 1.53. The second-order valence-corrected chi connectivity index (χ2v) is 4.17. The van der Waals surface area contributed by atoms with Crippen LogP contribution in [0, 0.1) is 10.1 Å². The molecule has 0 radical (unpaired) electrons. The molecule has 0 saturated carbocycles. The van der Waals surface area contributed by atoms with E-state index in [1.165, 1.54) is 30.1 Å². The number of anilines is 1. The molecule has 8 nitrogen and oxygen atoms in total. The highest BCUT2D eigenvalue weighted by Gasteiger charge is 2.18. The van der Waals surface area contributed by atoms with Crippen molar-refractivity contribution in [2.75, 3.05) is 19.0 Å². The van der Waals surface area contributed by atoms with Gasteiger partial charge in [-0.1, -0.05) is 0 Å². The molecule has 1 amide bonds. The first kappa shape index (κ1) is 14.9. The Morgan fingerprint density at radius 3 is 2.74 bits per heavy atom. The topological polar surface area (TPSA) is 122 Å². The van der Waals surface area contributed by atoms with Gasteiger partial charge in [-0.2, -0.15) is 0 Å². The number of nitrogens with zero attached hydrogens (tertiary/aromatic N) is 2. The predicted molar refractivity (Wildman–Crippen MR) is 69.5 cm³/mol. The molecule has 0 spiro atoms. The molecule has 0 aliphatic carbocycles. The van der Waals surface area contributed by atoms with Crippen molar-refractivity contribution >= 4 is 17.3 Å². The van der Waals surface area contributed by atoms with Gasteiger partial charge in [-0.3, -0.25) is 20.8 Å². The second-order valence-electron chi connectivity index (χ2n) is 4.17. The van der Waals surface area contributed by atoms with Crippen LogP contribution in [0.25, 0.3) is 0 Å². The number of benzene rings is 1. The van der Waals surface area contributed by atoms with E-state index in [0.29, 0.717) is 0 Å². The van der Waals surface area contributed by atoms with Gasteiger partial charge in [0.05, 0.1) is 11.0 Å². The standard InChI is InChI=1S/C11H16N4O4/c1-7(16)6-14(2)11(17)8-3-4-10(15(18)19)9(5-8)13-12/h3-5,7,13,16H,6,12H2,1-2H3. The maximum absolute atomic E-state index is 12.0. The average molecular weight is 268 g/mol. The first-order valence-electron chi connectivity index (χ1n) is 5.55. The summed E-state index contributed by atoms with van der Waals surface area (Å²) in [6.07, 6.45) is -0.654. The zero-order chi connectivity index (χ0) is 14.6. The van der Waals surface area contributed by atoms with Crippen LogP contribution in [0.4, 0.5) is 11.4 Å². The normalized spacial score (nSPS) is 11.8. The molecule has 1 aromatic carbocycles. The molecule has 104 valence electrons. The zero-order valence-corrected chi connectivity index (χ0v) is 10.7. The highest BCUT2D eigenvalue weighted by molar-refractivity contribution is 5.95. The quantitative estimate of drug-likeness (QED) is 0.402. The molecule has 0 heterocycles. The third kappa shape index (κ3) is 3.63. The first-order valence-corrected chi connectivity index (χ1v) is 5.55. The number of hydrogen-bond acceptors (Lipinski definition) is 6. The first-order chi connectivity index (χ1) is 8.86. The molecule has 0 fully saturated rings. The van der Waals surface area contributed by atoms with Crippen molar-refractivity contribution in [1.82, 2.24) is 4.90 Å². The number of rotatable bonds is 5. The number of carbonyl (C=O) groups is 1. The molecular weight excluding hydrogens is 252 g/mol. The molecule has 19 heavy (non-hydrogen) atoms. The molecular formula is C11H16N4O4. The third-order valence-electron chi connectivity index (χ3n) is 2.48. The molecule has 4 N–H and O–H groups in total. The molecule has 0 aromatic heterocycles. The highest BCUT2D eigenvalue weighted by Crippen LogP contribution is 2.24. The van der Waals surface area contributed by atoms with Gasteiger partial charge in [-0.25, -0.2) is 0 Å². The molecule has 0 bridgehead atoms. The van der Waals surface area contributed by atoms with E-state index in [1.807, 2.05) is 0 Å². The van der Waals surface area contributed by atoms with Crippen molar-refractivity contribution in [3.05, 3.63) is 33.9 Å². The van der Waals surface area contributed by atoms with Crippen LogP contribution in [0.15, 0.2) is 18.2 Å². The number of nitro benzene ring substituents is 1. The van der Waals surface area contributed by atoms with Crippen molar-refractivity contribution in [3.63, 3.8) is 0 Å². The predicted octanol–water partition coefficient (Wildman–Crippen LogP) is 0.333. The van der Waals surface area contributed by atoms with E-state index in [2.05, 4.69) is 5.43 Å². The van der Waals surface area contributed by atoms with Gasteiger partial charge in [0.1, 0.15) is 5.69 Å². The molecule has 1 aromatic rings. The Hall–Kier alpha value is -2.19. The lowest BCUT2D eigenvalue weighted by atomic mass is 10.1. The Bertz CT molecular complexity index is 490. The van der Waals surface area contributed by atoms with Crippen LogP contribution in [0.5, 0.6) is 0 Å². The Kier molecular flexibility index (Phi) is 4.79. The lowest BCUT2D eigenvalue weighted by Gasteiger charge is -2.19. The highest BCUT2D eigenvalue weighted by atomic mass is 16.6. The molecule has 1 rings (SSSR count). The van der Waals surface area contributed by atoms with E-state index in [9.17, 15) is 20.0 Å². The minimum atomic E-state index is -0.654. The maximum Gasteiger partial charge on any atom is 0.293 e. The summed E-state index contributed by atoms with van der Waals surface area (Å²) < 4.78 is 0. The molecule has 8 heteroatoms. The Balaban J connectivity index is 3.02. The number of hydrazine groups is 1. The number of aliphatic hydroxyl groups excluding tert-OH is 1. The summed E-state index contributed by atoms with van der Waals surface area (Å²) in [6, 6.07) is 3.86. The van der Waals surface area contributed by atoms with E-state index in [4.69, 9.17) is 5.84 Å². The maximum atomic E-state index is 12.0. The van der Waals surface area contributed by atoms with Gasteiger partial charge in [0, 0.05) is 25.2 Å². The number of nitrogen functional groups attached to an aromatic ring is 1. The van der Waals surface area contributed by atoms with Crippen LogP contribution in [0.1, 0.15) is 17.3 Å². The van der Waals surface area contributed by atoms with Gasteiger partial charge in [-0.15, -0.1) is 0 Å². The summed E-state index contributed by atoms with van der Waals surface area (Å²) in [5, 5.41) is 19.9. The summed E-state index contributed by atoms with van der Waals surface area (Å²) >= 11 is 0. The SMILES string of the molecule is CC(O)CN(C)C(=O)c1ccc([N+](=O)[O-])c(NN)c1. The minimum Gasteiger partial charge on any atom is -0.392 e. The molecule has 1 unspecified atom stereocenters. The van der Waals surface area contributed by atoms with E-state index in [-0.39, 0.29) is 29.4 Å². The number of amides is 1. The third-order valence-corrected chi connectivity index (χ3v) is 2.48. The summed E-state index contributed by atoms with van der Waals surface area (Å²) in [5.74, 6) is 4.84. The van der Waals surface area contributed by atoms with E-state index in [0.717, 1.165) is 0 Å². The van der Waals surface area contributed by atoms with Gasteiger partial charge in [0.2, 0.25) is 0 Å². The number of nitrogens with one attached hydrogen (secondary N) is 1. The fourth-order valence-electron chi connectivity index (χ4n) is 1.64. The largest absolute Gasteiger partial charge is 0.392 e. The van der Waals surface area contributed by atoms with Gasteiger partial charge >= 0.3 is 0 Å². The molecule has 0 aliphatic heterocycles. The van der Waals surface area contributed by atoms with Crippen LogP contribution >= 0.6 is 0 Å². The van der Waals surface area contributed by atoms with E-state index >= 15 is 0 Å². The van der Waals surface area contributed by atoms with Crippen LogP contribution in [0.2, 0.25) is 0 Å². The van der Waals surface area contributed by atoms with Crippen molar-refractivity contribution in [2.24, 2.45) is 5.84 Å². The summed E-state index contributed by atoms with van der Waals surface area (Å²) in [6.45, 7) is 1.73. The van der Waals surface area contributed by atoms with Crippen LogP contribution < -0.4 is 11.3 Å². The minimum absolute atomic E-state index is 0.0568. The Morgan fingerprint density at radius 2 is 2.26 bits per heavy atom. The van der Waals surface area contributed by atoms with Crippen molar-refractivity contribution < 1.29 is 14.8 Å². The molecule has 0 aliphatic rings. The van der Waals surface area contributed by atoms with Gasteiger partial charge < -0.3 is 15.4 Å². The van der Waals surface area contributed by atoms with Gasteiger partial charge in [0.15, 0.2) is 0 Å². The fourth-order valence-corrected chi connectivity index (χ4v) is 1.64. The van der Waals surface area contributed by atoms with Gasteiger partial charge in [-0.05, 0) is 19.1 Å². The number of carbonyl (C=O) groups excluding carboxylic acids is 1. The summed E-state index contributed by atoms with van der Waals surface area (Å²) in [5.41, 5.74) is 2.29. The number of nitro groups is 1. The van der Waals surface area contributed by atoms with Crippen molar-refractivity contribution in [3.8, 4) is 0 Å². The monoisotopic (exact) mass is 268 g/mol. The van der Waals surface area contributed by atoms with Gasteiger partial charge in [0.25, 0.3) is 11.6 Å². The lowest BCUT2D eigenvalue weighted by Crippen LogP contribution is -2.33. The molecule has 0 saturated heterocycles. The zero-order valence-electron chi connectivity index (χ0n) is 10.7. The Labute approximate surface area is 109 Å². The van der Waals surface area contributed by atoms with Crippen molar-refractivity contribution in [2.45, 2.75) is 13.0 Å². The van der Waals surface area contributed by atoms with Crippen molar-refractivity contribution in [1.29, 1.82) is 0 Å². The number of likely N-dealkylation sites (N-methyl/N-ethyl adjacent to an activating group) is 1. The number of nitrogens with two attached hydrogens (primary N) is 1. The number of aliphatic hydroxyl groups is 1. The van der Waals surface area contributed by atoms with Crippen LogP contribution in [-0.2, 0) is 0 Å². The molecule has 1 atom stereocenters. The number of hydrogen-bond donors (Lipinski definition) is 3. The lowest BCUT2D eigenvalue weighted by molar-refractivity contribution is -0.384. The van der Waals surface area contributed by atoms with Crippen LogP contribution in [0.3, 0.4) is 0 Å². The smallest absolute Gasteiger partial charge is 0.293 e. The Morgan fingerprint density at radius 1 is 1.63 bits per heavy atom. The fraction of sp³-hybridized carbons (Fsp3) is 0.364. The van der Waals surface area contributed by atoms with E-state index in [1.54, 1.807) is 6.92 Å². The second kappa shape index (κ2) is 6.12. The average Bonchev–Trinajstić information content (AvgIpc) is 2.36. The van der Waals surface area contributed by atoms with E-state index < -0.39 is 11.0 Å².